The average Bonchev–Trinajstić information content (AvgIpc) is 2.90. The van der Waals surface area contributed by atoms with Crippen LogP contribution >= 0.6 is 11.3 Å². The average molecular weight is 314 g/mol. The van der Waals surface area contributed by atoms with Crippen molar-refractivity contribution in [1.82, 2.24) is 4.98 Å². The molecule has 5 heteroatoms. The molecular formula is C17H18N2O2S. The number of amides is 1. The zero-order valence-electron chi connectivity index (χ0n) is 12.9. The molecule has 114 valence electrons. The fraction of sp³-hybridized carbons (Fsp3) is 0.294. The van der Waals surface area contributed by atoms with Crippen LogP contribution < -0.4 is 9.64 Å². The van der Waals surface area contributed by atoms with Gasteiger partial charge in [0.2, 0.25) is 0 Å². The summed E-state index contributed by atoms with van der Waals surface area (Å²) in [5, 5.41) is 3.04. The van der Waals surface area contributed by atoms with Gasteiger partial charge in [-0.05, 0) is 39.0 Å². The number of aromatic nitrogens is 1. The van der Waals surface area contributed by atoms with Gasteiger partial charge in [-0.25, -0.2) is 4.98 Å². The van der Waals surface area contributed by atoms with Crippen molar-refractivity contribution >= 4 is 22.9 Å². The molecule has 1 aromatic heterocycles. The highest BCUT2D eigenvalue weighted by Gasteiger charge is 2.31. The third-order valence-electron chi connectivity index (χ3n) is 3.51. The lowest BCUT2D eigenvalue weighted by Gasteiger charge is -2.33. The van der Waals surface area contributed by atoms with Crippen molar-refractivity contribution < 1.29 is 9.53 Å². The minimum Gasteiger partial charge on any atom is -0.479 e. The van der Waals surface area contributed by atoms with Gasteiger partial charge >= 0.3 is 0 Å². The smallest absolute Gasteiger partial charge is 0.268 e. The van der Waals surface area contributed by atoms with Gasteiger partial charge in [-0.3, -0.25) is 4.79 Å². The predicted molar refractivity (Wildman–Crippen MR) is 89.5 cm³/mol. The lowest BCUT2D eigenvalue weighted by Crippen LogP contribution is -2.45. The summed E-state index contributed by atoms with van der Waals surface area (Å²) in [6, 6.07) is 5.86. The Kier molecular flexibility index (Phi) is 3.74. The maximum atomic E-state index is 12.4. The molecule has 0 saturated carbocycles. The Morgan fingerprint density at radius 3 is 2.91 bits per heavy atom. The Morgan fingerprint density at radius 1 is 1.50 bits per heavy atom. The van der Waals surface area contributed by atoms with E-state index in [0.29, 0.717) is 6.54 Å². The van der Waals surface area contributed by atoms with E-state index in [1.54, 1.807) is 23.2 Å². The highest BCUT2D eigenvalue weighted by molar-refractivity contribution is 7.09. The summed E-state index contributed by atoms with van der Waals surface area (Å²) < 4.78 is 5.71. The molecule has 4 nitrogen and oxygen atoms in total. The maximum Gasteiger partial charge on any atom is 0.268 e. The molecule has 0 fully saturated rings. The van der Waals surface area contributed by atoms with Crippen LogP contribution in [0.2, 0.25) is 0 Å². The second kappa shape index (κ2) is 5.57. The predicted octanol–water partition coefficient (Wildman–Crippen LogP) is 3.81. The number of hydrogen-bond donors (Lipinski definition) is 0. The molecule has 2 heterocycles. The number of carbonyl (C=O) groups excluding carboxylic acids is 1. The van der Waals surface area contributed by atoms with E-state index in [4.69, 9.17) is 4.74 Å². The summed E-state index contributed by atoms with van der Waals surface area (Å²) in [6.45, 7) is 10.1. The number of aryl methyl sites for hydroxylation is 1. The van der Waals surface area contributed by atoms with Crippen LogP contribution in [0, 0.1) is 6.92 Å². The van der Waals surface area contributed by atoms with Crippen LogP contribution in [0.3, 0.4) is 0 Å². The quantitative estimate of drug-likeness (QED) is 0.809. The maximum absolute atomic E-state index is 12.4. The summed E-state index contributed by atoms with van der Waals surface area (Å²) in [5.74, 6) is 0.686. The molecular weight excluding hydrogens is 296 g/mol. The molecule has 1 aromatic carbocycles. The number of benzene rings is 1. The van der Waals surface area contributed by atoms with Gasteiger partial charge in [-0.2, -0.15) is 0 Å². The molecule has 0 bridgehead atoms. The second-order valence-corrected chi connectivity index (χ2v) is 6.64. The molecule has 0 radical (unpaired) electrons. The molecule has 2 aromatic rings. The molecule has 0 spiro atoms. The normalized spacial score (nSPS) is 17.1. The number of anilines is 1. The minimum atomic E-state index is -0.473. The molecule has 1 amide bonds. The number of hydrogen-bond acceptors (Lipinski definition) is 4. The number of nitrogens with zero attached hydrogens (tertiary/aromatic N) is 2. The van der Waals surface area contributed by atoms with Gasteiger partial charge in [-0.15, -0.1) is 11.3 Å². The van der Waals surface area contributed by atoms with E-state index in [0.717, 1.165) is 33.3 Å². The Hall–Kier alpha value is -2.14. The van der Waals surface area contributed by atoms with Crippen molar-refractivity contribution in [3.63, 3.8) is 0 Å². The van der Waals surface area contributed by atoms with E-state index < -0.39 is 6.10 Å². The number of ether oxygens (including phenoxy) is 1. The molecule has 3 rings (SSSR count). The second-order valence-electron chi connectivity index (χ2n) is 5.58. The standard InChI is InChI=1S/C17H18N2O2S/c1-10(2)8-19-15-7-13(14-9-22-12(4)18-14)5-6-16(15)21-11(3)17(19)20/h5-7,9,11H,1,8H2,2-4H3. The Balaban J connectivity index is 2.06. The van der Waals surface area contributed by atoms with Crippen molar-refractivity contribution in [1.29, 1.82) is 0 Å². The first-order valence-electron chi connectivity index (χ1n) is 7.14. The van der Waals surface area contributed by atoms with E-state index in [-0.39, 0.29) is 5.91 Å². The summed E-state index contributed by atoms with van der Waals surface area (Å²) in [6.07, 6.45) is -0.473. The fourth-order valence-electron chi connectivity index (χ4n) is 2.50. The van der Waals surface area contributed by atoms with Gasteiger partial charge in [-0.1, -0.05) is 12.2 Å². The molecule has 0 saturated heterocycles. The lowest BCUT2D eigenvalue weighted by molar-refractivity contribution is -0.125. The van der Waals surface area contributed by atoms with E-state index >= 15 is 0 Å². The highest BCUT2D eigenvalue weighted by Crippen LogP contribution is 2.38. The van der Waals surface area contributed by atoms with Crippen molar-refractivity contribution in [2.45, 2.75) is 26.9 Å². The zero-order chi connectivity index (χ0) is 15.9. The van der Waals surface area contributed by atoms with Crippen LogP contribution in [0.5, 0.6) is 5.75 Å². The lowest BCUT2D eigenvalue weighted by atomic mass is 10.1. The number of thiazole rings is 1. The summed E-state index contributed by atoms with van der Waals surface area (Å²) in [5.41, 5.74) is 3.63. The Morgan fingerprint density at radius 2 is 2.27 bits per heavy atom. The van der Waals surface area contributed by atoms with E-state index in [2.05, 4.69) is 11.6 Å². The first-order valence-corrected chi connectivity index (χ1v) is 8.02. The van der Waals surface area contributed by atoms with Crippen LogP contribution in [0.15, 0.2) is 35.7 Å². The Labute approximate surface area is 134 Å². The fourth-order valence-corrected chi connectivity index (χ4v) is 3.12. The first-order chi connectivity index (χ1) is 10.5. The minimum absolute atomic E-state index is 0.0397. The molecule has 1 atom stereocenters. The van der Waals surface area contributed by atoms with Crippen molar-refractivity contribution in [2.24, 2.45) is 0 Å². The van der Waals surface area contributed by atoms with Crippen molar-refractivity contribution in [3.8, 4) is 17.0 Å². The third-order valence-corrected chi connectivity index (χ3v) is 4.28. The van der Waals surface area contributed by atoms with Crippen LogP contribution in [0.1, 0.15) is 18.9 Å². The monoisotopic (exact) mass is 314 g/mol. The molecule has 0 N–H and O–H groups in total. The van der Waals surface area contributed by atoms with Gasteiger partial charge in [0.05, 0.1) is 16.4 Å². The van der Waals surface area contributed by atoms with Gasteiger partial charge in [0.15, 0.2) is 6.10 Å². The summed E-state index contributed by atoms with van der Waals surface area (Å²) >= 11 is 1.61. The number of carbonyl (C=O) groups is 1. The van der Waals surface area contributed by atoms with Crippen molar-refractivity contribution in [3.05, 3.63) is 40.7 Å². The van der Waals surface area contributed by atoms with Gasteiger partial charge in [0.1, 0.15) is 5.75 Å². The molecule has 1 aliphatic heterocycles. The van der Waals surface area contributed by atoms with E-state index in [9.17, 15) is 4.79 Å². The number of rotatable bonds is 3. The van der Waals surface area contributed by atoms with Gasteiger partial charge < -0.3 is 9.64 Å². The molecule has 0 aliphatic carbocycles. The van der Waals surface area contributed by atoms with Crippen LogP contribution in [0.4, 0.5) is 5.69 Å². The molecule has 1 unspecified atom stereocenters. The van der Waals surface area contributed by atoms with Gasteiger partial charge in [0.25, 0.3) is 5.91 Å². The van der Waals surface area contributed by atoms with Crippen LogP contribution in [-0.2, 0) is 4.79 Å². The first kappa shape index (κ1) is 14.8. The topological polar surface area (TPSA) is 42.4 Å². The highest BCUT2D eigenvalue weighted by atomic mass is 32.1. The molecule has 1 aliphatic rings. The SMILES string of the molecule is C=C(C)CN1C(=O)C(C)Oc2ccc(-c3csc(C)n3)cc21. The van der Waals surface area contributed by atoms with E-state index in [1.807, 2.05) is 37.4 Å². The van der Waals surface area contributed by atoms with Crippen LogP contribution in [-0.4, -0.2) is 23.5 Å². The number of fused-ring (bicyclic) bond motifs is 1. The van der Waals surface area contributed by atoms with E-state index in [1.165, 1.54) is 0 Å². The zero-order valence-corrected chi connectivity index (χ0v) is 13.7. The van der Waals surface area contributed by atoms with Gasteiger partial charge in [0, 0.05) is 17.5 Å². The largest absolute Gasteiger partial charge is 0.479 e. The Bertz CT molecular complexity index is 751. The van der Waals surface area contributed by atoms with Crippen molar-refractivity contribution in [2.75, 3.05) is 11.4 Å². The van der Waals surface area contributed by atoms with Crippen LogP contribution in [0.25, 0.3) is 11.3 Å². The summed E-state index contributed by atoms with van der Waals surface area (Å²) in [7, 11) is 0. The third kappa shape index (κ3) is 2.64. The molecule has 22 heavy (non-hydrogen) atoms. The summed E-state index contributed by atoms with van der Waals surface area (Å²) in [4.78, 5) is 18.7.